The van der Waals surface area contributed by atoms with Crippen LogP contribution >= 0.6 is 0 Å². The van der Waals surface area contributed by atoms with Crippen LogP contribution in [0.15, 0.2) is 18.7 Å². The maximum Gasteiger partial charge on any atom is 0.150 e. The van der Waals surface area contributed by atoms with Crippen molar-refractivity contribution in [2.24, 2.45) is 5.73 Å². The van der Waals surface area contributed by atoms with Gasteiger partial charge in [0.15, 0.2) is 0 Å². The van der Waals surface area contributed by atoms with Gasteiger partial charge in [-0.1, -0.05) is 6.58 Å². The van der Waals surface area contributed by atoms with Crippen molar-refractivity contribution in [3.63, 3.8) is 0 Å². The van der Waals surface area contributed by atoms with Gasteiger partial charge in [-0.15, -0.1) is 0 Å². The van der Waals surface area contributed by atoms with Crippen molar-refractivity contribution in [2.45, 2.75) is 19.4 Å². The maximum absolute atomic E-state index is 13.7. The average Bonchev–Trinajstić information content (AvgIpc) is 2.14. The van der Waals surface area contributed by atoms with Crippen LogP contribution in [-0.4, -0.2) is 20.1 Å². The van der Waals surface area contributed by atoms with E-state index in [1.54, 1.807) is 19.0 Å². The molecule has 0 radical (unpaired) electrons. The Morgan fingerprint density at radius 2 is 2.00 bits per heavy atom. The van der Waals surface area contributed by atoms with Crippen LogP contribution in [0.5, 0.6) is 0 Å². The van der Waals surface area contributed by atoms with Crippen molar-refractivity contribution in [1.82, 2.24) is 0 Å². The van der Waals surface area contributed by atoms with Gasteiger partial charge in [0.05, 0.1) is 5.69 Å². The number of anilines is 1. The molecule has 4 heteroatoms. The molecule has 1 aromatic carbocycles. The van der Waals surface area contributed by atoms with Crippen molar-refractivity contribution in [3.05, 3.63) is 35.9 Å². The molecular formula is C13H18F2N2. The van der Waals surface area contributed by atoms with Crippen molar-refractivity contribution < 1.29 is 8.78 Å². The predicted molar refractivity (Wildman–Crippen MR) is 68.0 cm³/mol. The molecular weight excluding hydrogens is 222 g/mol. The van der Waals surface area contributed by atoms with Gasteiger partial charge in [-0.25, -0.2) is 8.78 Å². The third-order valence-corrected chi connectivity index (χ3v) is 2.42. The topological polar surface area (TPSA) is 29.3 Å². The summed E-state index contributed by atoms with van der Waals surface area (Å²) in [4.78, 5) is 1.61. The molecule has 0 aliphatic heterocycles. The van der Waals surface area contributed by atoms with E-state index in [1.165, 1.54) is 6.07 Å². The molecule has 0 heterocycles. The highest BCUT2D eigenvalue weighted by Gasteiger charge is 2.16. The van der Waals surface area contributed by atoms with Crippen molar-refractivity contribution in [2.75, 3.05) is 19.0 Å². The summed E-state index contributed by atoms with van der Waals surface area (Å²) in [5.74, 6) is -1.19. The van der Waals surface area contributed by atoms with Crippen LogP contribution in [0.3, 0.4) is 0 Å². The highest BCUT2D eigenvalue weighted by atomic mass is 19.1. The van der Waals surface area contributed by atoms with E-state index in [0.29, 0.717) is 23.2 Å². The molecule has 0 fully saturated rings. The van der Waals surface area contributed by atoms with E-state index in [2.05, 4.69) is 6.58 Å². The third-order valence-electron chi connectivity index (χ3n) is 2.42. The molecule has 1 rings (SSSR count). The van der Waals surface area contributed by atoms with Gasteiger partial charge in [-0.3, -0.25) is 0 Å². The van der Waals surface area contributed by atoms with Gasteiger partial charge < -0.3 is 10.6 Å². The van der Waals surface area contributed by atoms with Crippen LogP contribution in [0.4, 0.5) is 14.5 Å². The molecule has 1 unspecified atom stereocenters. The predicted octanol–water partition coefficient (Wildman–Crippen LogP) is 2.78. The number of nitrogens with zero attached hydrogens (tertiary/aromatic N) is 1. The molecule has 0 aliphatic rings. The Morgan fingerprint density at radius 3 is 2.47 bits per heavy atom. The minimum Gasteiger partial charge on any atom is -0.375 e. The Kier molecular flexibility index (Phi) is 4.23. The first kappa shape index (κ1) is 13.6. The quantitative estimate of drug-likeness (QED) is 0.876. The van der Waals surface area contributed by atoms with Crippen molar-refractivity contribution >= 4 is 11.3 Å². The lowest BCUT2D eigenvalue weighted by Gasteiger charge is -2.20. The average molecular weight is 240 g/mol. The molecule has 94 valence electrons. The summed E-state index contributed by atoms with van der Waals surface area (Å²) in [5, 5.41) is 0. The number of hydrogen-bond acceptors (Lipinski definition) is 2. The smallest absolute Gasteiger partial charge is 0.150 e. The lowest BCUT2D eigenvalue weighted by molar-refractivity contribution is 0.581. The fourth-order valence-electron chi connectivity index (χ4n) is 1.79. The van der Waals surface area contributed by atoms with Gasteiger partial charge in [0, 0.05) is 31.8 Å². The van der Waals surface area contributed by atoms with Gasteiger partial charge in [-0.05, 0) is 25.0 Å². The van der Waals surface area contributed by atoms with E-state index in [4.69, 9.17) is 5.73 Å². The molecule has 0 saturated carbocycles. The number of nitrogens with two attached hydrogens (primary N) is 1. The molecule has 2 nitrogen and oxygen atoms in total. The zero-order valence-electron chi connectivity index (χ0n) is 10.4. The first-order valence-corrected chi connectivity index (χ1v) is 5.43. The summed E-state index contributed by atoms with van der Waals surface area (Å²) in [6, 6.07) is 2.07. The number of benzene rings is 1. The van der Waals surface area contributed by atoms with Gasteiger partial charge >= 0.3 is 0 Å². The van der Waals surface area contributed by atoms with Crippen LogP contribution in [0.1, 0.15) is 18.9 Å². The van der Waals surface area contributed by atoms with E-state index in [-0.39, 0.29) is 6.04 Å². The standard InChI is InChI=1S/C13H18F2N2/c1-8(5-9(2)16)11-6-10(14)7-12(15)13(11)17(3)4/h6-7,9H,1,5,16H2,2-4H3. The van der Waals surface area contributed by atoms with Crippen molar-refractivity contribution in [3.8, 4) is 0 Å². The Balaban J connectivity index is 3.25. The second-order valence-corrected chi connectivity index (χ2v) is 4.46. The van der Waals surface area contributed by atoms with Crippen LogP contribution in [0, 0.1) is 11.6 Å². The van der Waals surface area contributed by atoms with E-state index >= 15 is 0 Å². The Hall–Kier alpha value is -1.42. The van der Waals surface area contributed by atoms with E-state index < -0.39 is 11.6 Å². The van der Waals surface area contributed by atoms with Crippen LogP contribution in [0.25, 0.3) is 5.57 Å². The molecule has 1 atom stereocenters. The lowest BCUT2D eigenvalue weighted by Crippen LogP contribution is -2.17. The molecule has 0 aliphatic carbocycles. The zero-order valence-corrected chi connectivity index (χ0v) is 10.4. The molecule has 1 aromatic rings. The minimum atomic E-state index is -0.603. The first-order chi connectivity index (χ1) is 7.82. The molecule has 0 spiro atoms. The number of halogens is 2. The van der Waals surface area contributed by atoms with Crippen molar-refractivity contribution in [1.29, 1.82) is 0 Å². The minimum absolute atomic E-state index is 0.0937. The second-order valence-electron chi connectivity index (χ2n) is 4.46. The largest absolute Gasteiger partial charge is 0.375 e. The SMILES string of the molecule is C=C(CC(C)N)c1cc(F)cc(F)c1N(C)C. The fourth-order valence-corrected chi connectivity index (χ4v) is 1.79. The van der Waals surface area contributed by atoms with E-state index in [9.17, 15) is 8.78 Å². The van der Waals surface area contributed by atoms with Gasteiger partial charge in [-0.2, -0.15) is 0 Å². The fraction of sp³-hybridized carbons (Fsp3) is 0.385. The van der Waals surface area contributed by atoms with Crippen LogP contribution in [-0.2, 0) is 0 Å². The molecule has 17 heavy (non-hydrogen) atoms. The highest BCUT2D eigenvalue weighted by molar-refractivity contribution is 5.76. The monoisotopic (exact) mass is 240 g/mol. The summed E-state index contributed by atoms with van der Waals surface area (Å²) < 4.78 is 26.9. The Morgan fingerprint density at radius 1 is 1.41 bits per heavy atom. The second kappa shape index (κ2) is 5.27. The summed E-state index contributed by atoms with van der Waals surface area (Å²) >= 11 is 0. The number of rotatable bonds is 4. The summed E-state index contributed by atoms with van der Waals surface area (Å²) in [5.41, 5.74) is 7.13. The molecule has 0 bridgehead atoms. The normalized spacial score (nSPS) is 12.4. The Bertz CT molecular complexity index is 426. The highest BCUT2D eigenvalue weighted by Crippen LogP contribution is 2.31. The molecule has 0 saturated heterocycles. The molecule has 2 N–H and O–H groups in total. The summed E-state index contributed by atoms with van der Waals surface area (Å²) in [6.45, 7) is 5.68. The zero-order chi connectivity index (χ0) is 13.2. The van der Waals surface area contributed by atoms with Crippen LogP contribution < -0.4 is 10.6 Å². The third kappa shape index (κ3) is 3.27. The van der Waals surface area contributed by atoms with E-state index in [1.807, 2.05) is 6.92 Å². The van der Waals surface area contributed by atoms with Gasteiger partial charge in [0.2, 0.25) is 0 Å². The number of hydrogen-bond donors (Lipinski definition) is 1. The lowest BCUT2D eigenvalue weighted by atomic mass is 9.98. The molecule has 0 amide bonds. The van der Waals surface area contributed by atoms with Crippen LogP contribution in [0.2, 0.25) is 0 Å². The Labute approximate surface area is 101 Å². The summed E-state index contributed by atoms with van der Waals surface area (Å²) in [7, 11) is 3.41. The van der Waals surface area contributed by atoms with Gasteiger partial charge in [0.1, 0.15) is 11.6 Å². The maximum atomic E-state index is 13.7. The summed E-state index contributed by atoms with van der Waals surface area (Å²) in [6.07, 6.45) is 0.504. The van der Waals surface area contributed by atoms with Gasteiger partial charge in [0.25, 0.3) is 0 Å². The molecule has 0 aromatic heterocycles. The first-order valence-electron chi connectivity index (χ1n) is 5.43. The van der Waals surface area contributed by atoms with E-state index in [0.717, 1.165) is 6.07 Å².